The van der Waals surface area contributed by atoms with Gasteiger partial charge in [-0.05, 0) is 30.5 Å². The topological polar surface area (TPSA) is 24.1 Å². The molecule has 0 amide bonds. The summed E-state index contributed by atoms with van der Waals surface area (Å²) in [5.74, 6) is 2.90. The van der Waals surface area contributed by atoms with Crippen LogP contribution in [-0.2, 0) is 6.54 Å². The fraction of sp³-hybridized carbons (Fsp3) is 0.214. The Hall–Kier alpha value is -2.01. The number of aromatic nitrogens is 1. The van der Waals surface area contributed by atoms with E-state index in [-0.39, 0.29) is 5.75 Å². The predicted molar refractivity (Wildman–Crippen MR) is 64.1 cm³/mol. The van der Waals surface area contributed by atoms with Crippen LogP contribution in [0.5, 0.6) is 5.75 Å². The molecule has 0 bridgehead atoms. The molecule has 0 aliphatic heterocycles. The lowest BCUT2D eigenvalue weighted by atomic mass is 10.1. The van der Waals surface area contributed by atoms with Gasteiger partial charge < -0.3 is 5.11 Å². The van der Waals surface area contributed by atoms with Crippen molar-refractivity contribution in [3.05, 3.63) is 35.5 Å². The van der Waals surface area contributed by atoms with Crippen LogP contribution in [0.4, 0.5) is 0 Å². The zero-order chi connectivity index (χ0) is 11.7. The van der Waals surface area contributed by atoms with Crippen LogP contribution in [-0.4, -0.2) is 5.11 Å². The summed E-state index contributed by atoms with van der Waals surface area (Å²) in [4.78, 5) is 0. The summed E-state index contributed by atoms with van der Waals surface area (Å²) in [6, 6.07) is 7.49. The molecule has 0 radical (unpaired) electrons. The molecule has 0 aliphatic carbocycles. The highest BCUT2D eigenvalue weighted by atomic mass is 16.3. The van der Waals surface area contributed by atoms with Crippen LogP contribution in [0.25, 0.3) is 10.9 Å². The molecule has 0 atom stereocenters. The van der Waals surface area contributed by atoms with Crippen molar-refractivity contribution in [3.63, 3.8) is 0 Å². The van der Waals surface area contributed by atoms with E-state index in [4.69, 9.17) is 6.42 Å². The first kappa shape index (κ1) is 10.5. The summed E-state index contributed by atoms with van der Waals surface area (Å²) in [6.45, 7) is 4.60. The summed E-state index contributed by atoms with van der Waals surface area (Å²) >= 11 is 0. The second-order valence-corrected chi connectivity index (χ2v) is 3.96. The van der Waals surface area contributed by atoms with Gasteiger partial charge in [0.1, 0.15) is 5.75 Å². The molecule has 2 aromatic rings. The molecule has 2 heteroatoms. The van der Waals surface area contributed by atoms with Crippen molar-refractivity contribution >= 4 is 10.9 Å². The number of nitrogens with zero attached hydrogens (tertiary/aromatic N) is 1. The number of pyridine rings is 1. The quantitative estimate of drug-likeness (QED) is 0.568. The predicted octanol–water partition coefficient (Wildman–Crippen LogP) is 2.08. The number of phenolic OH excluding ortho intramolecular Hbond substituents is 1. The lowest BCUT2D eigenvalue weighted by molar-refractivity contribution is -0.664. The highest BCUT2D eigenvalue weighted by Crippen LogP contribution is 2.20. The van der Waals surface area contributed by atoms with Gasteiger partial charge in [0.25, 0.3) is 0 Å². The fourth-order valence-corrected chi connectivity index (χ4v) is 2.04. The monoisotopic (exact) mass is 212 g/mol. The van der Waals surface area contributed by atoms with E-state index >= 15 is 0 Å². The number of fused-ring (bicyclic) bond motifs is 1. The van der Waals surface area contributed by atoms with Gasteiger partial charge in [0.05, 0.1) is 6.07 Å². The van der Waals surface area contributed by atoms with E-state index < -0.39 is 0 Å². The Balaban J connectivity index is 2.87. The maximum atomic E-state index is 9.54. The minimum atomic E-state index is 0.267. The van der Waals surface area contributed by atoms with Crippen LogP contribution in [0.15, 0.2) is 24.3 Å². The first-order chi connectivity index (χ1) is 7.63. The smallest absolute Gasteiger partial charge is 0.217 e. The Bertz CT molecular complexity index is 594. The van der Waals surface area contributed by atoms with Crippen molar-refractivity contribution in [2.45, 2.75) is 20.4 Å². The highest BCUT2D eigenvalue weighted by Gasteiger charge is 2.14. The van der Waals surface area contributed by atoms with E-state index in [0.29, 0.717) is 6.54 Å². The molecule has 0 saturated heterocycles. The molecule has 0 unspecified atom stereocenters. The number of phenols is 1. The lowest BCUT2D eigenvalue weighted by Gasteiger charge is -2.05. The molecule has 1 N–H and O–H groups in total. The molecule has 16 heavy (non-hydrogen) atoms. The fourth-order valence-electron chi connectivity index (χ4n) is 2.04. The third kappa shape index (κ3) is 1.61. The summed E-state index contributed by atoms with van der Waals surface area (Å²) in [5, 5.41) is 10.7. The third-order valence-corrected chi connectivity index (χ3v) is 2.80. The van der Waals surface area contributed by atoms with Gasteiger partial charge in [-0.1, -0.05) is 0 Å². The zero-order valence-corrected chi connectivity index (χ0v) is 9.49. The number of hydrogen-bond donors (Lipinski definition) is 1. The standard InChI is InChI=1S/C14H13NO/c1-4-7-15-11(3)8-10(2)13-6-5-12(16)9-14(13)15/h1,5-6,8-9H,7H2,2-3H3/p+1. The Morgan fingerprint density at radius 1 is 1.31 bits per heavy atom. The number of hydrogen-bond acceptors (Lipinski definition) is 1. The van der Waals surface area contributed by atoms with Crippen LogP contribution < -0.4 is 4.57 Å². The normalized spacial score (nSPS) is 10.3. The van der Waals surface area contributed by atoms with Gasteiger partial charge in [-0.3, -0.25) is 0 Å². The highest BCUT2D eigenvalue weighted by molar-refractivity contribution is 5.80. The van der Waals surface area contributed by atoms with Crippen LogP contribution in [0.3, 0.4) is 0 Å². The SMILES string of the molecule is C#CC[n+]1c(C)cc(C)c2ccc(O)cc21. The number of benzene rings is 1. The Morgan fingerprint density at radius 2 is 2.06 bits per heavy atom. The molecule has 1 aromatic carbocycles. The number of aromatic hydroxyl groups is 1. The Kier molecular flexibility index (Phi) is 2.54. The summed E-state index contributed by atoms with van der Waals surface area (Å²) in [5.41, 5.74) is 3.28. The number of aryl methyl sites for hydroxylation is 2. The maximum Gasteiger partial charge on any atom is 0.217 e. The van der Waals surface area contributed by atoms with E-state index in [2.05, 4.69) is 18.9 Å². The first-order valence-electron chi connectivity index (χ1n) is 5.19. The van der Waals surface area contributed by atoms with Gasteiger partial charge in [-0.2, -0.15) is 4.57 Å². The molecular weight excluding hydrogens is 198 g/mol. The molecule has 2 rings (SSSR count). The first-order valence-corrected chi connectivity index (χ1v) is 5.19. The summed E-state index contributed by atoms with van der Waals surface area (Å²) in [7, 11) is 0. The van der Waals surface area contributed by atoms with Crippen molar-refractivity contribution < 1.29 is 9.67 Å². The summed E-state index contributed by atoms with van der Waals surface area (Å²) < 4.78 is 2.03. The van der Waals surface area contributed by atoms with Crippen molar-refractivity contribution in [3.8, 4) is 18.1 Å². The lowest BCUT2D eigenvalue weighted by Crippen LogP contribution is -2.37. The van der Waals surface area contributed by atoms with Crippen LogP contribution >= 0.6 is 0 Å². The van der Waals surface area contributed by atoms with E-state index in [0.717, 1.165) is 16.6 Å². The maximum absolute atomic E-state index is 9.54. The van der Waals surface area contributed by atoms with Crippen LogP contribution in [0, 0.1) is 26.2 Å². The molecule has 0 aliphatic rings. The molecule has 1 aromatic heterocycles. The van der Waals surface area contributed by atoms with E-state index in [1.807, 2.05) is 17.6 Å². The second-order valence-electron chi connectivity index (χ2n) is 3.96. The molecule has 2 nitrogen and oxygen atoms in total. The van der Waals surface area contributed by atoms with Crippen LogP contribution in [0.2, 0.25) is 0 Å². The van der Waals surface area contributed by atoms with Crippen molar-refractivity contribution in [1.29, 1.82) is 0 Å². The second kappa shape index (κ2) is 3.86. The van der Waals surface area contributed by atoms with Gasteiger partial charge in [-0.15, -0.1) is 6.42 Å². The average molecular weight is 212 g/mol. The van der Waals surface area contributed by atoms with E-state index in [1.54, 1.807) is 12.1 Å². The van der Waals surface area contributed by atoms with Gasteiger partial charge >= 0.3 is 0 Å². The van der Waals surface area contributed by atoms with Gasteiger partial charge in [0, 0.05) is 18.4 Å². The minimum Gasteiger partial charge on any atom is -0.508 e. The van der Waals surface area contributed by atoms with E-state index in [9.17, 15) is 5.11 Å². The van der Waals surface area contributed by atoms with Gasteiger partial charge in [0.15, 0.2) is 5.69 Å². The minimum absolute atomic E-state index is 0.267. The number of rotatable bonds is 1. The molecule has 80 valence electrons. The Morgan fingerprint density at radius 3 is 2.75 bits per heavy atom. The molecule has 0 saturated carbocycles. The van der Waals surface area contributed by atoms with E-state index in [1.165, 1.54) is 5.56 Å². The average Bonchev–Trinajstić information content (AvgIpc) is 2.23. The zero-order valence-electron chi connectivity index (χ0n) is 9.49. The van der Waals surface area contributed by atoms with Gasteiger partial charge in [-0.25, -0.2) is 0 Å². The third-order valence-electron chi connectivity index (χ3n) is 2.80. The van der Waals surface area contributed by atoms with Crippen molar-refractivity contribution in [1.82, 2.24) is 0 Å². The van der Waals surface area contributed by atoms with Gasteiger partial charge in [0.2, 0.25) is 12.1 Å². The molecular formula is C14H14NO+. The molecule has 0 fully saturated rings. The Labute approximate surface area is 95.2 Å². The van der Waals surface area contributed by atoms with Crippen molar-refractivity contribution in [2.24, 2.45) is 0 Å². The van der Waals surface area contributed by atoms with Crippen molar-refractivity contribution in [2.75, 3.05) is 0 Å². The van der Waals surface area contributed by atoms with Crippen LogP contribution in [0.1, 0.15) is 11.3 Å². The molecule has 1 heterocycles. The summed E-state index contributed by atoms with van der Waals surface area (Å²) in [6.07, 6.45) is 5.36. The number of terminal acetylenes is 1. The molecule has 0 spiro atoms. The largest absolute Gasteiger partial charge is 0.508 e.